The van der Waals surface area contributed by atoms with E-state index >= 15 is 0 Å². The first kappa shape index (κ1) is 14.3. The molecule has 1 aliphatic heterocycles. The number of rotatable bonds is 4. The second-order valence-corrected chi connectivity index (χ2v) is 5.97. The maximum absolute atomic E-state index is 11.6. The van der Waals surface area contributed by atoms with Crippen LogP contribution in [0.3, 0.4) is 0 Å². The molecular weight excluding hydrogens is 244 g/mol. The second-order valence-electron chi connectivity index (χ2n) is 5.97. The number of hydrogen-bond donors (Lipinski definition) is 2. The van der Waals surface area contributed by atoms with Crippen LogP contribution in [0.1, 0.15) is 45.4 Å². The first-order valence-electron chi connectivity index (χ1n) is 7.28. The van der Waals surface area contributed by atoms with Gasteiger partial charge in [0, 0.05) is 38.5 Å². The number of nitrogens with one attached hydrogen (secondary N) is 1. The monoisotopic (exact) mass is 268 g/mol. The molecular formula is C14H24N2O3. The normalized spacial score (nSPS) is 28.6. The standard InChI is InChI=1S/C14H24N2O3/c1-10(17)16-8-11(7-14(18)19)6-13(9-16)15-12-4-2-3-5-12/h11-13,15H,2-9H2,1H3,(H,18,19). The number of nitrogens with zero attached hydrogens (tertiary/aromatic N) is 1. The van der Waals surface area contributed by atoms with Crippen LogP contribution in [-0.2, 0) is 9.59 Å². The number of piperidine rings is 1. The molecule has 2 atom stereocenters. The minimum Gasteiger partial charge on any atom is -0.481 e. The van der Waals surface area contributed by atoms with E-state index in [0.717, 1.165) is 13.0 Å². The Kier molecular flexibility index (Phi) is 4.80. The lowest BCUT2D eigenvalue weighted by atomic mass is 9.91. The van der Waals surface area contributed by atoms with E-state index in [0.29, 0.717) is 12.6 Å². The molecule has 0 bridgehead atoms. The lowest BCUT2D eigenvalue weighted by Gasteiger charge is -2.38. The van der Waals surface area contributed by atoms with Gasteiger partial charge in [0.1, 0.15) is 0 Å². The van der Waals surface area contributed by atoms with Gasteiger partial charge in [-0.05, 0) is 25.2 Å². The van der Waals surface area contributed by atoms with Crippen molar-refractivity contribution in [3.63, 3.8) is 0 Å². The van der Waals surface area contributed by atoms with Gasteiger partial charge < -0.3 is 15.3 Å². The van der Waals surface area contributed by atoms with Gasteiger partial charge in [-0.25, -0.2) is 0 Å². The Morgan fingerprint density at radius 2 is 1.89 bits per heavy atom. The summed E-state index contributed by atoms with van der Waals surface area (Å²) in [6, 6.07) is 0.812. The molecule has 5 nitrogen and oxygen atoms in total. The second kappa shape index (κ2) is 6.37. The molecule has 1 heterocycles. The van der Waals surface area contributed by atoms with Crippen molar-refractivity contribution in [2.24, 2.45) is 5.92 Å². The molecule has 2 N–H and O–H groups in total. The Hall–Kier alpha value is -1.10. The minimum atomic E-state index is -0.769. The molecule has 2 fully saturated rings. The van der Waals surface area contributed by atoms with Crippen LogP contribution in [0.15, 0.2) is 0 Å². The number of aliphatic carboxylic acids is 1. The highest BCUT2D eigenvalue weighted by atomic mass is 16.4. The topological polar surface area (TPSA) is 69.6 Å². The van der Waals surface area contributed by atoms with E-state index in [9.17, 15) is 9.59 Å². The number of carbonyl (C=O) groups excluding carboxylic acids is 1. The maximum atomic E-state index is 11.6. The van der Waals surface area contributed by atoms with Gasteiger partial charge >= 0.3 is 5.97 Å². The molecule has 1 saturated carbocycles. The van der Waals surface area contributed by atoms with Gasteiger partial charge in [-0.1, -0.05) is 12.8 Å². The summed E-state index contributed by atoms with van der Waals surface area (Å²) in [5.41, 5.74) is 0. The van der Waals surface area contributed by atoms with Crippen LogP contribution in [0.25, 0.3) is 0 Å². The van der Waals surface area contributed by atoms with E-state index in [2.05, 4.69) is 5.32 Å². The van der Waals surface area contributed by atoms with Crippen molar-refractivity contribution >= 4 is 11.9 Å². The zero-order valence-electron chi connectivity index (χ0n) is 11.6. The predicted octanol–water partition coefficient (Wildman–Crippen LogP) is 1.23. The third-order valence-electron chi connectivity index (χ3n) is 4.27. The summed E-state index contributed by atoms with van der Waals surface area (Å²) in [7, 11) is 0. The van der Waals surface area contributed by atoms with Crippen molar-refractivity contribution in [1.29, 1.82) is 0 Å². The number of carboxylic acid groups (broad SMARTS) is 1. The zero-order chi connectivity index (χ0) is 13.8. The first-order chi connectivity index (χ1) is 9.04. The van der Waals surface area contributed by atoms with E-state index in [4.69, 9.17) is 5.11 Å². The zero-order valence-corrected chi connectivity index (χ0v) is 11.6. The SMILES string of the molecule is CC(=O)N1CC(CC(=O)O)CC(NC2CCCC2)C1. The molecule has 0 aromatic rings. The number of carboxylic acids is 1. The van der Waals surface area contributed by atoms with Crippen LogP contribution in [0.2, 0.25) is 0 Å². The molecule has 2 rings (SSSR count). The third kappa shape index (κ3) is 4.20. The molecule has 19 heavy (non-hydrogen) atoms. The fourth-order valence-corrected chi connectivity index (χ4v) is 3.40. The Labute approximate surface area is 114 Å². The number of carbonyl (C=O) groups is 2. The van der Waals surface area contributed by atoms with E-state index in [-0.39, 0.29) is 24.3 Å². The molecule has 0 radical (unpaired) electrons. The quantitative estimate of drug-likeness (QED) is 0.804. The summed E-state index contributed by atoms with van der Waals surface area (Å²) in [5, 5.41) is 12.6. The van der Waals surface area contributed by atoms with E-state index < -0.39 is 5.97 Å². The summed E-state index contributed by atoms with van der Waals surface area (Å²) >= 11 is 0. The molecule has 108 valence electrons. The highest BCUT2D eigenvalue weighted by Gasteiger charge is 2.31. The average Bonchev–Trinajstić information content (AvgIpc) is 2.80. The maximum Gasteiger partial charge on any atom is 0.303 e. The molecule has 0 aromatic carbocycles. The lowest BCUT2D eigenvalue weighted by Crippen LogP contribution is -2.53. The largest absolute Gasteiger partial charge is 0.481 e. The summed E-state index contributed by atoms with van der Waals surface area (Å²) in [4.78, 5) is 24.2. The predicted molar refractivity (Wildman–Crippen MR) is 71.8 cm³/mol. The van der Waals surface area contributed by atoms with Crippen LogP contribution in [-0.4, -0.2) is 47.1 Å². The molecule has 0 spiro atoms. The smallest absolute Gasteiger partial charge is 0.303 e. The van der Waals surface area contributed by atoms with Gasteiger partial charge in [-0.3, -0.25) is 9.59 Å². The van der Waals surface area contributed by atoms with Crippen LogP contribution in [0.4, 0.5) is 0 Å². The summed E-state index contributed by atoms with van der Waals surface area (Å²) < 4.78 is 0. The number of amides is 1. The summed E-state index contributed by atoms with van der Waals surface area (Å²) in [5.74, 6) is -0.641. The van der Waals surface area contributed by atoms with E-state index in [1.54, 1.807) is 11.8 Å². The summed E-state index contributed by atoms with van der Waals surface area (Å²) in [6.07, 6.45) is 6.00. The van der Waals surface area contributed by atoms with Crippen LogP contribution in [0, 0.1) is 5.92 Å². The van der Waals surface area contributed by atoms with Gasteiger partial charge in [0.05, 0.1) is 0 Å². The Balaban J connectivity index is 1.92. The molecule has 5 heteroatoms. The van der Waals surface area contributed by atoms with Crippen LogP contribution < -0.4 is 5.32 Å². The van der Waals surface area contributed by atoms with Crippen molar-refractivity contribution in [1.82, 2.24) is 10.2 Å². The van der Waals surface area contributed by atoms with Gasteiger partial charge in [0.15, 0.2) is 0 Å². The van der Waals surface area contributed by atoms with Crippen molar-refractivity contribution in [3.8, 4) is 0 Å². The molecule has 1 saturated heterocycles. The van der Waals surface area contributed by atoms with E-state index in [1.165, 1.54) is 25.7 Å². The number of hydrogen-bond acceptors (Lipinski definition) is 3. The Morgan fingerprint density at radius 3 is 2.47 bits per heavy atom. The first-order valence-corrected chi connectivity index (χ1v) is 7.28. The highest BCUT2D eigenvalue weighted by Crippen LogP contribution is 2.24. The lowest BCUT2D eigenvalue weighted by molar-refractivity contribution is -0.140. The Bertz CT molecular complexity index is 340. The Morgan fingerprint density at radius 1 is 1.21 bits per heavy atom. The van der Waals surface area contributed by atoms with E-state index in [1.807, 2.05) is 0 Å². The molecule has 2 aliphatic rings. The minimum absolute atomic E-state index is 0.0494. The highest BCUT2D eigenvalue weighted by molar-refractivity contribution is 5.73. The average molecular weight is 268 g/mol. The number of likely N-dealkylation sites (tertiary alicyclic amines) is 1. The molecule has 1 aliphatic carbocycles. The van der Waals surface area contributed by atoms with Crippen LogP contribution >= 0.6 is 0 Å². The van der Waals surface area contributed by atoms with Gasteiger partial charge in [-0.15, -0.1) is 0 Å². The molecule has 2 unspecified atom stereocenters. The van der Waals surface area contributed by atoms with Crippen molar-refractivity contribution in [3.05, 3.63) is 0 Å². The van der Waals surface area contributed by atoms with Crippen LogP contribution in [0.5, 0.6) is 0 Å². The fourth-order valence-electron chi connectivity index (χ4n) is 3.40. The molecule has 1 amide bonds. The van der Waals surface area contributed by atoms with Gasteiger partial charge in [-0.2, -0.15) is 0 Å². The fraction of sp³-hybridized carbons (Fsp3) is 0.857. The van der Waals surface area contributed by atoms with Gasteiger partial charge in [0.25, 0.3) is 0 Å². The van der Waals surface area contributed by atoms with Crippen molar-refractivity contribution in [2.75, 3.05) is 13.1 Å². The molecule has 0 aromatic heterocycles. The van der Waals surface area contributed by atoms with Crippen molar-refractivity contribution < 1.29 is 14.7 Å². The van der Waals surface area contributed by atoms with Gasteiger partial charge in [0.2, 0.25) is 5.91 Å². The third-order valence-corrected chi connectivity index (χ3v) is 4.27. The van der Waals surface area contributed by atoms with Crippen molar-refractivity contribution in [2.45, 2.75) is 57.5 Å². The summed E-state index contributed by atoms with van der Waals surface area (Å²) in [6.45, 7) is 2.88.